The van der Waals surface area contributed by atoms with Gasteiger partial charge in [0, 0.05) is 12.1 Å². The molecule has 0 saturated heterocycles. The summed E-state index contributed by atoms with van der Waals surface area (Å²) in [4.78, 5) is 29.2. The van der Waals surface area contributed by atoms with Gasteiger partial charge in [-0.2, -0.15) is 0 Å². The summed E-state index contributed by atoms with van der Waals surface area (Å²) >= 11 is 0. The fraction of sp³-hybridized carbons (Fsp3) is 0. The number of carbonyl (C=O) groups is 1. The van der Waals surface area contributed by atoms with E-state index in [1.54, 1.807) is 30.3 Å². The first kappa shape index (κ1) is 22.9. The molecule has 0 aliphatic rings. The summed E-state index contributed by atoms with van der Waals surface area (Å²) in [6, 6.07) is 12.9. The molecule has 10 heteroatoms. The second kappa shape index (κ2) is 11.3. The predicted molar refractivity (Wildman–Crippen MR) is 85.3 cm³/mol. The minimum atomic E-state index is -0.879. The zero-order valence-electron chi connectivity index (χ0n) is 11.3. The Morgan fingerprint density at radius 3 is 1.61 bits per heavy atom. The van der Waals surface area contributed by atoms with Crippen molar-refractivity contribution in [2.75, 3.05) is 0 Å². The van der Waals surface area contributed by atoms with Gasteiger partial charge in [0.25, 0.3) is 11.4 Å². The molecule has 0 atom stereocenters. The molecule has 4 N–H and O–H groups in total. The van der Waals surface area contributed by atoms with Gasteiger partial charge in [0.05, 0.1) is 21.5 Å². The van der Waals surface area contributed by atoms with Crippen LogP contribution in [0.25, 0.3) is 0 Å². The Balaban J connectivity index is 0. The van der Waals surface area contributed by atoms with E-state index in [4.69, 9.17) is 5.11 Å². The number of benzene rings is 2. The van der Waals surface area contributed by atoms with Crippen LogP contribution in [0.15, 0.2) is 54.6 Å². The second-order valence-electron chi connectivity index (χ2n) is 3.71. The van der Waals surface area contributed by atoms with Crippen LogP contribution in [0, 0.1) is 20.2 Å². The molecule has 2 rings (SSSR count). The van der Waals surface area contributed by atoms with E-state index in [1.807, 2.05) is 0 Å². The zero-order valence-corrected chi connectivity index (χ0v) is 11.3. The fourth-order valence-corrected chi connectivity index (χ4v) is 1.30. The molecule has 23 heavy (non-hydrogen) atoms. The van der Waals surface area contributed by atoms with Gasteiger partial charge in [-0.1, -0.05) is 18.2 Å². The van der Waals surface area contributed by atoms with Crippen molar-refractivity contribution < 1.29 is 19.7 Å². The van der Waals surface area contributed by atoms with Crippen LogP contribution in [-0.4, -0.2) is 50.5 Å². The van der Waals surface area contributed by atoms with Crippen LogP contribution >= 0.6 is 0 Å². The number of hydrogen-bond acceptors (Lipinski definition) is 6. The van der Waals surface area contributed by atoms with Crippen molar-refractivity contribution in [2.24, 2.45) is 0 Å². The van der Waals surface area contributed by atoms with E-state index in [0.717, 1.165) is 6.07 Å². The Labute approximate surface area is 153 Å². The Morgan fingerprint density at radius 2 is 1.30 bits per heavy atom. The number of hydrogen-bond donors (Lipinski definition) is 2. The van der Waals surface area contributed by atoms with Crippen molar-refractivity contribution in [1.82, 2.24) is 6.15 Å². The number of nitrogens with zero attached hydrogens (tertiary/aromatic N) is 2. The van der Waals surface area contributed by atoms with E-state index in [9.17, 15) is 25.0 Å². The number of carboxylic acids is 1. The van der Waals surface area contributed by atoms with Gasteiger partial charge in [0.1, 0.15) is 0 Å². The van der Waals surface area contributed by atoms with Crippen LogP contribution in [-0.2, 0) is 0 Å². The van der Waals surface area contributed by atoms with Crippen molar-refractivity contribution in [2.45, 2.75) is 0 Å². The third-order valence-electron chi connectivity index (χ3n) is 2.27. The Hall–Kier alpha value is -2.33. The van der Waals surface area contributed by atoms with Gasteiger partial charge < -0.3 is 11.3 Å². The first-order valence-electron chi connectivity index (χ1n) is 5.59. The third-order valence-corrected chi connectivity index (χ3v) is 2.27. The summed E-state index contributed by atoms with van der Waals surface area (Å²) in [5.41, 5.74) is -0.217. The molecular formula is C13H14N3NaO6. The molecule has 2 aromatic carbocycles. The van der Waals surface area contributed by atoms with Gasteiger partial charge in [-0.15, -0.1) is 0 Å². The number of rotatable bonds is 3. The maximum atomic E-state index is 10.2. The van der Waals surface area contributed by atoms with Crippen LogP contribution in [0.5, 0.6) is 0 Å². The van der Waals surface area contributed by atoms with Crippen molar-refractivity contribution in [3.05, 3.63) is 80.4 Å². The average Bonchev–Trinajstić information content (AvgIpc) is 2.49. The van der Waals surface area contributed by atoms with E-state index in [2.05, 4.69) is 0 Å². The number of aromatic carboxylic acids is 1. The molecule has 9 nitrogen and oxygen atoms in total. The summed E-state index contributed by atoms with van der Waals surface area (Å²) in [6.45, 7) is 0. The van der Waals surface area contributed by atoms with Gasteiger partial charge in [0.2, 0.25) is 0 Å². The Bertz CT molecular complexity index is 637. The van der Waals surface area contributed by atoms with Gasteiger partial charge in [-0.3, -0.25) is 20.2 Å². The predicted octanol–water partition coefficient (Wildman–Crippen LogP) is 2.40. The van der Waals surface area contributed by atoms with Crippen molar-refractivity contribution in [3.63, 3.8) is 0 Å². The normalized spacial score (nSPS) is 8.35. The molecule has 0 heterocycles. The minimum absolute atomic E-state index is 0. The summed E-state index contributed by atoms with van der Waals surface area (Å²) in [6.07, 6.45) is 0. The molecular weight excluding hydrogens is 317 g/mol. The molecule has 0 radical (unpaired) electrons. The number of non-ortho nitro benzene ring substituents is 2. The molecule has 0 aliphatic heterocycles. The van der Waals surface area contributed by atoms with Crippen molar-refractivity contribution >= 4 is 46.9 Å². The van der Waals surface area contributed by atoms with E-state index >= 15 is 0 Å². The molecule has 0 unspecified atom stereocenters. The third kappa shape index (κ3) is 8.02. The van der Waals surface area contributed by atoms with Gasteiger partial charge >= 0.3 is 35.5 Å². The van der Waals surface area contributed by atoms with E-state index in [-0.39, 0.29) is 47.1 Å². The summed E-state index contributed by atoms with van der Waals surface area (Å²) in [7, 11) is 0. The molecule has 0 bridgehead atoms. The zero-order chi connectivity index (χ0) is 15.8. The van der Waals surface area contributed by atoms with Crippen LogP contribution in [0.1, 0.15) is 10.4 Å². The van der Waals surface area contributed by atoms with E-state index in [0.29, 0.717) is 5.56 Å². The number of nitro benzene ring substituents is 2. The number of carboxylic acid groups (broad SMARTS) is 1. The van der Waals surface area contributed by atoms with Gasteiger partial charge in [-0.25, -0.2) is 4.79 Å². The molecule has 0 fully saturated rings. The van der Waals surface area contributed by atoms with Gasteiger partial charge in [0.15, 0.2) is 0 Å². The number of nitro groups is 2. The van der Waals surface area contributed by atoms with Crippen LogP contribution in [0.4, 0.5) is 11.4 Å². The second-order valence-corrected chi connectivity index (χ2v) is 3.71. The summed E-state index contributed by atoms with van der Waals surface area (Å²) in [5, 5.41) is 28.7. The Kier molecular flexibility index (Phi) is 11.2. The SMILES string of the molecule is N.O=C(O)c1ccccc1.O=[N+]([O-])c1cccc([N+](=O)[O-])c1.[NaH]. The van der Waals surface area contributed by atoms with Crippen LogP contribution < -0.4 is 6.15 Å². The maximum absolute atomic E-state index is 10.2. The first-order valence-corrected chi connectivity index (χ1v) is 5.59. The standard InChI is InChI=1S/C7H6O2.C6H4N2O4.H3N.Na.H/c8-7(9)6-4-2-1-3-5-6;9-7(10)5-2-1-3-6(4-5)8(11)12;;;/h1-5H,(H,8,9);1-4H;1H3;;. The Morgan fingerprint density at radius 1 is 0.870 bits per heavy atom. The molecule has 0 aliphatic carbocycles. The quantitative estimate of drug-likeness (QED) is 0.496. The summed E-state index contributed by atoms with van der Waals surface area (Å²) in [5.74, 6) is -0.879. The topological polar surface area (TPSA) is 159 Å². The summed E-state index contributed by atoms with van der Waals surface area (Å²) < 4.78 is 0. The van der Waals surface area contributed by atoms with Crippen LogP contribution in [0.2, 0.25) is 0 Å². The van der Waals surface area contributed by atoms with Crippen LogP contribution in [0.3, 0.4) is 0 Å². The van der Waals surface area contributed by atoms with E-state index in [1.165, 1.54) is 18.2 Å². The van der Waals surface area contributed by atoms with E-state index < -0.39 is 15.8 Å². The van der Waals surface area contributed by atoms with Crippen molar-refractivity contribution in [1.29, 1.82) is 0 Å². The first-order chi connectivity index (χ1) is 9.91. The molecule has 0 amide bonds. The average molecular weight is 331 g/mol. The fourth-order valence-electron chi connectivity index (χ4n) is 1.30. The monoisotopic (exact) mass is 331 g/mol. The van der Waals surface area contributed by atoms with Crippen molar-refractivity contribution in [3.8, 4) is 0 Å². The molecule has 2 aromatic rings. The molecule has 0 saturated carbocycles. The molecule has 0 aromatic heterocycles. The van der Waals surface area contributed by atoms with Gasteiger partial charge in [-0.05, 0) is 18.2 Å². The molecule has 118 valence electrons. The molecule has 0 spiro atoms.